The minimum absolute atomic E-state index is 0.0885. The predicted molar refractivity (Wildman–Crippen MR) is 134 cm³/mol. The Morgan fingerprint density at radius 1 is 1.32 bits per heavy atom. The van der Waals surface area contributed by atoms with Crippen LogP contribution in [0, 0.1) is 30.1 Å². The van der Waals surface area contributed by atoms with Gasteiger partial charge in [-0.1, -0.05) is 17.7 Å². The van der Waals surface area contributed by atoms with Gasteiger partial charge in [-0.25, -0.2) is 8.78 Å². The summed E-state index contributed by atoms with van der Waals surface area (Å²) in [6.07, 6.45) is 1.42. The third-order valence-electron chi connectivity index (χ3n) is 7.86. The minimum Gasteiger partial charge on any atom is -0.374 e. The highest BCUT2D eigenvalue weighted by atomic mass is 35.5. The van der Waals surface area contributed by atoms with Crippen LogP contribution >= 0.6 is 11.6 Å². The molecule has 1 aromatic rings. The first kappa shape index (κ1) is 27.1. The molecule has 3 heterocycles. The highest BCUT2D eigenvalue weighted by molar-refractivity contribution is 6.31. The summed E-state index contributed by atoms with van der Waals surface area (Å²) < 4.78 is 29.9. The molecular formula is C26H32ClF2N5O3. The molecule has 1 aliphatic carbocycles. The van der Waals surface area contributed by atoms with Crippen LogP contribution in [0.25, 0.3) is 0 Å². The molecule has 1 saturated carbocycles. The van der Waals surface area contributed by atoms with Crippen molar-refractivity contribution in [2.75, 3.05) is 11.9 Å². The van der Waals surface area contributed by atoms with Crippen molar-refractivity contribution in [3.63, 3.8) is 0 Å². The van der Waals surface area contributed by atoms with Gasteiger partial charge in [-0.15, -0.1) is 0 Å². The molecule has 1 aromatic carbocycles. The third-order valence-corrected chi connectivity index (χ3v) is 8.27. The van der Waals surface area contributed by atoms with Crippen LogP contribution in [-0.4, -0.2) is 59.3 Å². The van der Waals surface area contributed by atoms with E-state index in [9.17, 15) is 28.4 Å². The van der Waals surface area contributed by atoms with E-state index in [2.05, 4.69) is 16.0 Å². The molecule has 37 heavy (non-hydrogen) atoms. The molecule has 3 N–H and O–H groups in total. The molecule has 3 aliphatic heterocycles. The van der Waals surface area contributed by atoms with E-state index < -0.39 is 60.2 Å². The molecule has 200 valence electrons. The standard InChI is InChI=1S/C26H32ClF2N5O3/c1-14-20(27)6-3-7-21(14)32-15(2)25(37)34-18-8-9-19(26(28,29)12-18)22(34)24(36)33-17(13-30)11-16-5-4-10-31-23(16)35/h3,6-7,15-19,22,32H,4-5,8-12H2,1-2H3,(H,31,35)(H,33,36)/t15-,16-,17+,18-,19-,22+/m1/s1. The fraction of sp³-hybridized carbons (Fsp3) is 0.615. The number of anilines is 1. The number of hydrogen-bond donors (Lipinski definition) is 3. The first-order valence-electron chi connectivity index (χ1n) is 12.7. The topological polar surface area (TPSA) is 114 Å². The molecule has 0 aromatic heterocycles. The van der Waals surface area contributed by atoms with Crippen molar-refractivity contribution in [2.24, 2.45) is 11.8 Å². The van der Waals surface area contributed by atoms with Gasteiger partial charge in [-0.05, 0) is 63.6 Å². The van der Waals surface area contributed by atoms with Crippen LogP contribution in [-0.2, 0) is 14.4 Å². The Balaban J connectivity index is 1.54. The molecule has 3 amide bonds. The first-order chi connectivity index (χ1) is 17.5. The summed E-state index contributed by atoms with van der Waals surface area (Å²) in [5.41, 5.74) is 1.38. The van der Waals surface area contributed by atoms with Gasteiger partial charge < -0.3 is 20.9 Å². The van der Waals surface area contributed by atoms with Gasteiger partial charge in [-0.2, -0.15) is 5.26 Å². The molecule has 11 heteroatoms. The number of fused-ring (bicyclic) bond motifs is 3. The molecule has 0 unspecified atom stereocenters. The lowest BCUT2D eigenvalue weighted by Crippen LogP contribution is -2.70. The summed E-state index contributed by atoms with van der Waals surface area (Å²) >= 11 is 6.19. The van der Waals surface area contributed by atoms with Crippen LogP contribution in [0.1, 0.15) is 51.0 Å². The molecule has 4 aliphatic rings. The second-order valence-corrected chi connectivity index (χ2v) is 10.7. The summed E-state index contributed by atoms with van der Waals surface area (Å²) in [5, 5.41) is 18.6. The molecule has 2 bridgehead atoms. The van der Waals surface area contributed by atoms with Crippen LogP contribution in [0.4, 0.5) is 14.5 Å². The van der Waals surface area contributed by atoms with Crippen molar-refractivity contribution in [3.8, 4) is 6.07 Å². The zero-order chi connectivity index (χ0) is 26.9. The van der Waals surface area contributed by atoms with Gasteiger partial charge in [0, 0.05) is 35.6 Å². The number of amides is 3. The van der Waals surface area contributed by atoms with Gasteiger partial charge >= 0.3 is 0 Å². The van der Waals surface area contributed by atoms with E-state index >= 15 is 0 Å². The number of nitriles is 1. The molecule has 0 spiro atoms. The molecule has 6 atom stereocenters. The Morgan fingerprint density at radius 3 is 2.76 bits per heavy atom. The van der Waals surface area contributed by atoms with Crippen LogP contribution in [0.15, 0.2) is 18.2 Å². The highest BCUT2D eigenvalue weighted by Gasteiger charge is 2.60. The van der Waals surface area contributed by atoms with Crippen molar-refractivity contribution >= 4 is 35.0 Å². The number of hydrogen-bond acceptors (Lipinski definition) is 5. The van der Waals surface area contributed by atoms with E-state index in [0.717, 1.165) is 12.0 Å². The third kappa shape index (κ3) is 5.52. The van der Waals surface area contributed by atoms with Crippen LogP contribution < -0.4 is 16.0 Å². The Bertz CT molecular complexity index is 1110. The summed E-state index contributed by atoms with van der Waals surface area (Å²) in [5.74, 6) is -6.32. The summed E-state index contributed by atoms with van der Waals surface area (Å²) in [6, 6.07) is 3.18. The molecule has 8 nitrogen and oxygen atoms in total. The van der Waals surface area contributed by atoms with Gasteiger partial charge in [0.2, 0.25) is 17.7 Å². The molecule has 0 radical (unpaired) electrons. The average Bonchev–Trinajstić information content (AvgIpc) is 2.86. The van der Waals surface area contributed by atoms with Gasteiger partial charge in [0.15, 0.2) is 0 Å². The fourth-order valence-electron chi connectivity index (χ4n) is 5.85. The second-order valence-electron chi connectivity index (χ2n) is 10.3. The van der Waals surface area contributed by atoms with E-state index in [1.54, 1.807) is 32.0 Å². The number of nitrogens with one attached hydrogen (secondary N) is 3. The van der Waals surface area contributed by atoms with Gasteiger partial charge in [-0.3, -0.25) is 14.4 Å². The Morgan fingerprint density at radius 2 is 2.08 bits per heavy atom. The zero-order valence-electron chi connectivity index (χ0n) is 20.9. The van der Waals surface area contributed by atoms with Crippen molar-refractivity contribution in [1.82, 2.24) is 15.5 Å². The van der Waals surface area contributed by atoms with E-state index in [-0.39, 0.29) is 18.7 Å². The maximum atomic E-state index is 15.0. The van der Waals surface area contributed by atoms with Crippen LogP contribution in [0.3, 0.4) is 0 Å². The van der Waals surface area contributed by atoms with E-state index in [1.807, 2.05) is 6.07 Å². The van der Waals surface area contributed by atoms with E-state index in [0.29, 0.717) is 30.1 Å². The summed E-state index contributed by atoms with van der Waals surface area (Å²) in [4.78, 5) is 40.5. The molecule has 4 fully saturated rings. The summed E-state index contributed by atoms with van der Waals surface area (Å²) in [6.45, 7) is 3.99. The van der Waals surface area contributed by atoms with E-state index in [4.69, 9.17) is 11.6 Å². The summed E-state index contributed by atoms with van der Waals surface area (Å²) in [7, 11) is 0. The quantitative estimate of drug-likeness (QED) is 0.495. The Hall–Kier alpha value is -2.93. The smallest absolute Gasteiger partial charge is 0.255 e. The van der Waals surface area contributed by atoms with Gasteiger partial charge in [0.1, 0.15) is 18.1 Å². The molecule has 5 rings (SSSR count). The number of piperidine rings is 3. The van der Waals surface area contributed by atoms with E-state index in [1.165, 1.54) is 4.90 Å². The number of alkyl halides is 2. The van der Waals surface area contributed by atoms with Gasteiger partial charge in [0.25, 0.3) is 5.92 Å². The lowest BCUT2D eigenvalue weighted by atomic mass is 9.71. The average molecular weight is 536 g/mol. The Labute approximate surface area is 220 Å². The number of nitrogens with zero attached hydrogens (tertiary/aromatic N) is 2. The number of benzene rings is 1. The second kappa shape index (κ2) is 10.8. The lowest BCUT2D eigenvalue weighted by molar-refractivity contribution is -0.194. The fourth-order valence-corrected chi connectivity index (χ4v) is 6.03. The predicted octanol–water partition coefficient (Wildman–Crippen LogP) is 3.39. The SMILES string of the molecule is Cc1c(Cl)cccc1N[C@H](C)C(=O)N1[C@@H]2CC[C@H]([C@H]1C(=O)N[C@H](C#N)C[C@H]1CCCNC1=O)C(F)(F)C2. The molecule has 3 saturated heterocycles. The highest BCUT2D eigenvalue weighted by Crippen LogP contribution is 2.49. The monoisotopic (exact) mass is 535 g/mol. The van der Waals surface area contributed by atoms with Crippen LogP contribution in [0.5, 0.6) is 0 Å². The number of rotatable bonds is 7. The maximum absolute atomic E-state index is 15.0. The maximum Gasteiger partial charge on any atom is 0.255 e. The van der Waals surface area contributed by atoms with Crippen molar-refractivity contribution in [1.29, 1.82) is 5.26 Å². The lowest BCUT2D eigenvalue weighted by Gasteiger charge is -2.54. The number of halogens is 3. The first-order valence-corrected chi connectivity index (χ1v) is 13.1. The van der Waals surface area contributed by atoms with Crippen molar-refractivity contribution in [2.45, 2.75) is 82.5 Å². The normalized spacial score (nSPS) is 28.0. The Kier molecular flexibility index (Phi) is 7.93. The van der Waals surface area contributed by atoms with Crippen molar-refractivity contribution < 1.29 is 23.2 Å². The molecular weight excluding hydrogens is 504 g/mol. The zero-order valence-corrected chi connectivity index (χ0v) is 21.7. The largest absolute Gasteiger partial charge is 0.374 e. The van der Waals surface area contributed by atoms with Crippen LogP contribution in [0.2, 0.25) is 5.02 Å². The van der Waals surface area contributed by atoms with Crippen molar-refractivity contribution in [3.05, 3.63) is 28.8 Å². The number of carbonyl (C=O) groups excluding carboxylic acids is 3. The minimum atomic E-state index is -3.10. The van der Waals surface area contributed by atoms with Gasteiger partial charge in [0.05, 0.1) is 12.0 Å². The number of carbonyl (C=O) groups is 3.